The summed E-state index contributed by atoms with van der Waals surface area (Å²) in [4.78, 5) is 24.6. The van der Waals surface area contributed by atoms with Crippen LogP contribution in [0.15, 0.2) is 16.3 Å². The van der Waals surface area contributed by atoms with Gasteiger partial charge < -0.3 is 0 Å². The minimum Gasteiger partial charge on any atom is -0.273 e. The van der Waals surface area contributed by atoms with E-state index in [1.807, 2.05) is 0 Å². The standard InChI is InChI=1S/C11H11ClN2O4S3/c12-8-1-2-10(20-8)21(17,18)13-4-3-7(5-13)14-9(15)6-19-11(14)16/h1-2,7H,3-6H2/t7-/m0/s1. The summed E-state index contributed by atoms with van der Waals surface area (Å²) in [7, 11) is -3.60. The third-order valence-electron chi connectivity index (χ3n) is 3.42. The zero-order chi connectivity index (χ0) is 15.2. The third-order valence-corrected chi connectivity index (χ3v) is 7.82. The summed E-state index contributed by atoms with van der Waals surface area (Å²) in [6.45, 7) is 0.445. The topological polar surface area (TPSA) is 74.8 Å². The maximum atomic E-state index is 12.5. The highest BCUT2D eigenvalue weighted by Crippen LogP contribution is 2.32. The first-order valence-corrected chi connectivity index (χ1v) is 9.76. The zero-order valence-corrected chi connectivity index (χ0v) is 13.9. The molecule has 1 aromatic heterocycles. The van der Waals surface area contributed by atoms with E-state index in [9.17, 15) is 18.0 Å². The molecule has 21 heavy (non-hydrogen) atoms. The molecule has 2 aliphatic rings. The SMILES string of the molecule is O=C1CSC(=O)N1[C@H]1CCN(S(=O)(=O)c2ccc(Cl)s2)C1. The Morgan fingerprint density at radius 1 is 1.29 bits per heavy atom. The summed E-state index contributed by atoms with van der Waals surface area (Å²) in [6.07, 6.45) is 0.469. The van der Waals surface area contributed by atoms with Gasteiger partial charge in [-0.25, -0.2) is 8.42 Å². The fourth-order valence-corrected chi connectivity index (χ4v) is 6.33. The molecule has 0 saturated carbocycles. The number of carbonyl (C=O) groups is 2. The van der Waals surface area contributed by atoms with Crippen molar-refractivity contribution in [1.29, 1.82) is 0 Å². The van der Waals surface area contributed by atoms with Gasteiger partial charge in [0.05, 0.1) is 16.1 Å². The number of thioether (sulfide) groups is 1. The Hall–Kier alpha value is -0.610. The Bertz CT molecular complexity index is 686. The summed E-state index contributed by atoms with van der Waals surface area (Å²) >= 11 is 7.74. The van der Waals surface area contributed by atoms with E-state index in [4.69, 9.17) is 11.6 Å². The summed E-state index contributed by atoms with van der Waals surface area (Å²) in [5.74, 6) is -0.101. The van der Waals surface area contributed by atoms with Crippen molar-refractivity contribution in [3.05, 3.63) is 16.5 Å². The molecular weight excluding hydrogens is 356 g/mol. The number of amides is 2. The molecule has 0 aromatic carbocycles. The van der Waals surface area contributed by atoms with Crippen LogP contribution in [-0.2, 0) is 14.8 Å². The van der Waals surface area contributed by atoms with Gasteiger partial charge in [0.1, 0.15) is 4.21 Å². The van der Waals surface area contributed by atoms with Crippen LogP contribution in [0.5, 0.6) is 0 Å². The lowest BCUT2D eigenvalue weighted by Gasteiger charge is -2.21. The van der Waals surface area contributed by atoms with E-state index < -0.39 is 10.0 Å². The molecule has 0 aliphatic carbocycles. The van der Waals surface area contributed by atoms with Gasteiger partial charge in [-0.15, -0.1) is 11.3 Å². The van der Waals surface area contributed by atoms with Gasteiger partial charge in [-0.05, 0) is 18.6 Å². The van der Waals surface area contributed by atoms with Crippen LogP contribution in [0.2, 0.25) is 4.34 Å². The van der Waals surface area contributed by atoms with Gasteiger partial charge in [0.25, 0.3) is 15.3 Å². The Balaban J connectivity index is 1.78. The van der Waals surface area contributed by atoms with Crippen molar-refractivity contribution >= 4 is 55.9 Å². The van der Waals surface area contributed by atoms with E-state index in [1.54, 1.807) is 0 Å². The highest BCUT2D eigenvalue weighted by molar-refractivity contribution is 8.14. The quantitative estimate of drug-likeness (QED) is 0.816. The molecule has 2 fully saturated rings. The molecular formula is C11H11ClN2O4S3. The Kier molecular flexibility index (Phi) is 4.04. The number of imide groups is 1. The van der Waals surface area contributed by atoms with Crippen LogP contribution in [0.3, 0.4) is 0 Å². The smallest absolute Gasteiger partial charge is 0.273 e. The highest BCUT2D eigenvalue weighted by Gasteiger charge is 2.42. The lowest BCUT2D eigenvalue weighted by atomic mass is 10.2. The van der Waals surface area contributed by atoms with Crippen LogP contribution in [0.1, 0.15) is 6.42 Å². The lowest BCUT2D eigenvalue weighted by Crippen LogP contribution is -2.41. The predicted octanol–water partition coefficient (Wildman–Crippen LogP) is 1.86. The number of rotatable bonds is 3. The van der Waals surface area contributed by atoms with Crippen LogP contribution >= 0.6 is 34.7 Å². The third kappa shape index (κ3) is 2.72. The minimum atomic E-state index is -3.60. The maximum absolute atomic E-state index is 12.5. The van der Waals surface area contributed by atoms with Gasteiger partial charge in [0.15, 0.2) is 0 Å². The van der Waals surface area contributed by atoms with Crippen molar-refractivity contribution in [2.24, 2.45) is 0 Å². The first-order valence-electron chi connectivity index (χ1n) is 6.14. The van der Waals surface area contributed by atoms with Gasteiger partial charge in [-0.3, -0.25) is 14.5 Å². The van der Waals surface area contributed by atoms with Crippen LogP contribution in [0, 0.1) is 0 Å². The van der Waals surface area contributed by atoms with Crippen molar-refractivity contribution in [2.75, 3.05) is 18.8 Å². The maximum Gasteiger partial charge on any atom is 0.289 e. The van der Waals surface area contributed by atoms with Crippen molar-refractivity contribution in [3.8, 4) is 0 Å². The molecule has 1 aromatic rings. The number of thiophene rings is 1. The summed E-state index contributed by atoms with van der Waals surface area (Å²) < 4.78 is 26.8. The van der Waals surface area contributed by atoms with Crippen LogP contribution in [0.25, 0.3) is 0 Å². The first kappa shape index (κ1) is 15.3. The predicted molar refractivity (Wildman–Crippen MR) is 81.2 cm³/mol. The summed E-state index contributed by atoms with van der Waals surface area (Å²) in [5.41, 5.74) is 0. The number of carbonyl (C=O) groups excluding carboxylic acids is 2. The molecule has 0 radical (unpaired) electrons. The number of halogens is 1. The second-order valence-corrected chi connectivity index (χ2v) is 9.49. The second kappa shape index (κ2) is 5.54. The lowest BCUT2D eigenvalue weighted by molar-refractivity contribution is -0.126. The molecule has 0 spiro atoms. The fourth-order valence-electron chi connectivity index (χ4n) is 2.42. The molecule has 1 atom stereocenters. The molecule has 0 unspecified atom stereocenters. The number of sulfonamides is 1. The average Bonchev–Trinajstić information content (AvgIpc) is 3.11. The van der Waals surface area contributed by atoms with E-state index in [0.717, 1.165) is 23.1 Å². The average molecular weight is 367 g/mol. The van der Waals surface area contributed by atoms with E-state index in [2.05, 4.69) is 0 Å². The molecule has 2 aliphatic heterocycles. The molecule has 0 N–H and O–H groups in total. The molecule has 2 amide bonds. The van der Waals surface area contributed by atoms with Gasteiger partial charge in [0, 0.05) is 13.1 Å². The van der Waals surface area contributed by atoms with Crippen molar-refractivity contribution in [2.45, 2.75) is 16.7 Å². The van der Waals surface area contributed by atoms with E-state index >= 15 is 0 Å². The van der Waals surface area contributed by atoms with Crippen LogP contribution < -0.4 is 0 Å². The molecule has 114 valence electrons. The van der Waals surface area contributed by atoms with E-state index in [1.165, 1.54) is 21.3 Å². The Labute approximate surface area is 135 Å². The first-order chi connectivity index (χ1) is 9.89. The Morgan fingerprint density at radius 2 is 2.05 bits per heavy atom. The second-order valence-electron chi connectivity index (χ2n) is 4.68. The molecule has 2 saturated heterocycles. The molecule has 0 bridgehead atoms. The van der Waals surface area contributed by atoms with Gasteiger partial charge in [-0.2, -0.15) is 4.31 Å². The van der Waals surface area contributed by atoms with Crippen LogP contribution in [-0.4, -0.2) is 53.7 Å². The zero-order valence-electron chi connectivity index (χ0n) is 10.7. The van der Waals surface area contributed by atoms with Crippen molar-refractivity contribution in [1.82, 2.24) is 9.21 Å². The molecule has 3 rings (SSSR count). The van der Waals surface area contributed by atoms with Gasteiger partial charge >= 0.3 is 0 Å². The van der Waals surface area contributed by atoms with E-state index in [0.29, 0.717) is 17.3 Å². The van der Waals surface area contributed by atoms with E-state index in [-0.39, 0.29) is 33.7 Å². The fraction of sp³-hybridized carbons (Fsp3) is 0.455. The normalized spacial score (nSPS) is 24.2. The highest BCUT2D eigenvalue weighted by atomic mass is 35.5. The summed E-state index contributed by atoms with van der Waals surface area (Å²) in [6, 6.07) is 2.64. The molecule has 6 nitrogen and oxygen atoms in total. The van der Waals surface area contributed by atoms with Crippen LogP contribution in [0.4, 0.5) is 4.79 Å². The monoisotopic (exact) mass is 366 g/mol. The molecule has 3 heterocycles. The number of hydrogen-bond donors (Lipinski definition) is 0. The van der Waals surface area contributed by atoms with Gasteiger partial charge in [0.2, 0.25) is 5.91 Å². The minimum absolute atomic E-state index is 0.141. The molecule has 10 heteroatoms. The van der Waals surface area contributed by atoms with Crippen molar-refractivity contribution in [3.63, 3.8) is 0 Å². The summed E-state index contributed by atoms with van der Waals surface area (Å²) in [5, 5.41) is -0.289. The van der Waals surface area contributed by atoms with Gasteiger partial charge in [-0.1, -0.05) is 23.4 Å². The largest absolute Gasteiger partial charge is 0.289 e. The Morgan fingerprint density at radius 3 is 2.62 bits per heavy atom. The van der Waals surface area contributed by atoms with Crippen molar-refractivity contribution < 1.29 is 18.0 Å². The number of nitrogens with zero attached hydrogens (tertiary/aromatic N) is 2. The number of hydrogen-bond acceptors (Lipinski definition) is 6.